The van der Waals surface area contributed by atoms with E-state index in [0.29, 0.717) is 12.3 Å². The molecule has 0 atom stereocenters. The number of nitrogens with one attached hydrogen (secondary N) is 1. The van der Waals surface area contributed by atoms with Crippen LogP contribution in [0.4, 0.5) is 5.69 Å². The quantitative estimate of drug-likeness (QED) is 0.566. The van der Waals surface area contributed by atoms with Crippen LogP contribution in [0.25, 0.3) is 0 Å². The molecule has 0 radical (unpaired) electrons. The molecule has 0 aliphatic rings. The molecule has 0 aromatic heterocycles. The van der Waals surface area contributed by atoms with Crippen molar-refractivity contribution in [3.63, 3.8) is 0 Å². The van der Waals surface area contributed by atoms with Crippen LogP contribution in [0.1, 0.15) is 26.2 Å². The molecular weight excluding hydrogens is 258 g/mol. The van der Waals surface area contributed by atoms with Crippen LogP contribution >= 0.6 is 0 Å². The van der Waals surface area contributed by atoms with Gasteiger partial charge in [0, 0.05) is 17.8 Å². The van der Waals surface area contributed by atoms with E-state index < -0.39 is 11.9 Å². The van der Waals surface area contributed by atoms with Gasteiger partial charge in [-0.3, -0.25) is 4.79 Å². The molecule has 1 rings (SSSR count). The molecule has 0 saturated carbocycles. The summed E-state index contributed by atoms with van der Waals surface area (Å²) in [7, 11) is 0. The van der Waals surface area contributed by atoms with E-state index in [1.807, 2.05) is 0 Å². The predicted molar refractivity (Wildman–Crippen MR) is 76.9 cm³/mol. The molecule has 0 bridgehead atoms. The van der Waals surface area contributed by atoms with E-state index >= 15 is 0 Å². The third-order valence-corrected chi connectivity index (χ3v) is 2.52. The van der Waals surface area contributed by atoms with Crippen LogP contribution in [0.15, 0.2) is 36.4 Å². The molecule has 2 N–H and O–H groups in total. The van der Waals surface area contributed by atoms with Crippen LogP contribution < -0.4 is 10.1 Å². The van der Waals surface area contributed by atoms with Crippen molar-refractivity contribution in [3.05, 3.63) is 36.4 Å². The Bertz CT molecular complexity index is 465. The molecule has 0 heterocycles. The largest absolute Gasteiger partial charge is 0.494 e. The van der Waals surface area contributed by atoms with Gasteiger partial charge in [0.2, 0.25) is 5.91 Å². The maximum Gasteiger partial charge on any atom is 0.328 e. The average molecular weight is 277 g/mol. The van der Waals surface area contributed by atoms with Crippen LogP contribution in [0.3, 0.4) is 0 Å². The number of unbranched alkanes of at least 4 members (excludes halogenated alkanes) is 2. The second kappa shape index (κ2) is 8.74. The Morgan fingerprint density at radius 2 is 1.90 bits per heavy atom. The lowest BCUT2D eigenvalue weighted by Gasteiger charge is -2.07. The van der Waals surface area contributed by atoms with Crippen molar-refractivity contribution >= 4 is 17.6 Å². The van der Waals surface area contributed by atoms with E-state index in [0.717, 1.165) is 37.2 Å². The molecule has 0 unspecified atom stereocenters. The molecule has 20 heavy (non-hydrogen) atoms. The van der Waals surface area contributed by atoms with Crippen LogP contribution in [0.5, 0.6) is 5.75 Å². The highest BCUT2D eigenvalue weighted by Gasteiger charge is 2.00. The summed E-state index contributed by atoms with van der Waals surface area (Å²) in [4.78, 5) is 21.6. The van der Waals surface area contributed by atoms with Gasteiger partial charge < -0.3 is 15.2 Å². The fraction of sp³-hybridized carbons (Fsp3) is 0.333. The van der Waals surface area contributed by atoms with E-state index in [9.17, 15) is 9.59 Å². The van der Waals surface area contributed by atoms with E-state index in [1.165, 1.54) is 0 Å². The summed E-state index contributed by atoms with van der Waals surface area (Å²) >= 11 is 0. The third kappa shape index (κ3) is 6.58. The number of rotatable bonds is 8. The Morgan fingerprint density at radius 1 is 1.20 bits per heavy atom. The fourth-order valence-electron chi connectivity index (χ4n) is 1.51. The Hall–Kier alpha value is -2.30. The summed E-state index contributed by atoms with van der Waals surface area (Å²) in [6.07, 6.45) is 5.08. The lowest BCUT2D eigenvalue weighted by molar-refractivity contribution is -0.131. The molecule has 0 aliphatic carbocycles. The van der Waals surface area contributed by atoms with E-state index in [4.69, 9.17) is 9.84 Å². The third-order valence-electron chi connectivity index (χ3n) is 2.52. The lowest BCUT2D eigenvalue weighted by Crippen LogP contribution is -2.08. The van der Waals surface area contributed by atoms with Crippen molar-refractivity contribution in [1.29, 1.82) is 0 Å². The minimum Gasteiger partial charge on any atom is -0.494 e. The first kappa shape index (κ1) is 15.8. The molecule has 1 aromatic carbocycles. The maximum absolute atomic E-state index is 11.4. The number of amides is 1. The second-order valence-corrected chi connectivity index (χ2v) is 4.24. The topological polar surface area (TPSA) is 75.6 Å². The van der Waals surface area contributed by atoms with Crippen molar-refractivity contribution in [3.8, 4) is 5.75 Å². The van der Waals surface area contributed by atoms with Crippen molar-refractivity contribution in [2.24, 2.45) is 0 Å². The summed E-state index contributed by atoms with van der Waals surface area (Å²) in [5, 5.41) is 11.0. The summed E-state index contributed by atoms with van der Waals surface area (Å²) in [6.45, 7) is 2.82. The Balaban J connectivity index is 2.42. The van der Waals surface area contributed by atoms with Gasteiger partial charge in [-0.15, -0.1) is 0 Å². The number of benzene rings is 1. The van der Waals surface area contributed by atoms with Crippen LogP contribution in [-0.4, -0.2) is 23.6 Å². The lowest BCUT2D eigenvalue weighted by atomic mass is 10.2. The van der Waals surface area contributed by atoms with E-state index in [2.05, 4.69) is 12.2 Å². The number of aliphatic carboxylic acids is 1. The molecule has 0 fully saturated rings. The summed E-state index contributed by atoms with van der Waals surface area (Å²) in [6, 6.07) is 6.95. The van der Waals surface area contributed by atoms with Gasteiger partial charge in [0.05, 0.1) is 6.61 Å². The first-order chi connectivity index (χ1) is 9.61. The molecule has 0 spiro atoms. The second-order valence-electron chi connectivity index (χ2n) is 4.24. The zero-order chi connectivity index (χ0) is 14.8. The number of carbonyl (C=O) groups is 2. The number of hydrogen-bond acceptors (Lipinski definition) is 3. The Labute approximate surface area is 118 Å². The van der Waals surface area contributed by atoms with Gasteiger partial charge in [0.1, 0.15) is 5.75 Å². The number of ether oxygens (including phenoxy) is 1. The summed E-state index contributed by atoms with van der Waals surface area (Å²) in [5.74, 6) is -0.889. The number of carboxylic acid groups (broad SMARTS) is 1. The monoisotopic (exact) mass is 277 g/mol. The molecule has 1 aromatic rings. The highest BCUT2D eigenvalue weighted by atomic mass is 16.5. The zero-order valence-corrected chi connectivity index (χ0v) is 11.5. The molecule has 5 heteroatoms. The first-order valence-corrected chi connectivity index (χ1v) is 6.56. The van der Waals surface area contributed by atoms with Crippen molar-refractivity contribution in [1.82, 2.24) is 0 Å². The number of carboxylic acids is 1. The predicted octanol–water partition coefficient (Wildman–Crippen LogP) is 2.83. The Kier molecular flexibility index (Phi) is 6.89. The minimum absolute atomic E-state index is 0.482. The van der Waals surface area contributed by atoms with Crippen LogP contribution in [0.2, 0.25) is 0 Å². The minimum atomic E-state index is -1.16. The highest BCUT2D eigenvalue weighted by molar-refractivity contribution is 6.02. The number of carbonyl (C=O) groups excluding carboxylic acids is 1. The van der Waals surface area contributed by atoms with Gasteiger partial charge in [-0.1, -0.05) is 19.8 Å². The van der Waals surface area contributed by atoms with Gasteiger partial charge in [0.25, 0.3) is 0 Å². The van der Waals surface area contributed by atoms with Crippen LogP contribution in [-0.2, 0) is 9.59 Å². The standard InChI is InChI=1S/C15H19NO4/c1-2-3-4-11-20-13-7-5-12(6-8-13)16-14(17)9-10-15(18)19/h5-10H,2-4,11H2,1H3,(H,16,17)(H,18,19)/b10-9-. The van der Waals surface area contributed by atoms with Gasteiger partial charge in [-0.2, -0.15) is 0 Å². The van der Waals surface area contributed by atoms with Crippen molar-refractivity contribution in [2.45, 2.75) is 26.2 Å². The van der Waals surface area contributed by atoms with Gasteiger partial charge >= 0.3 is 5.97 Å². The molecule has 5 nitrogen and oxygen atoms in total. The molecule has 0 saturated heterocycles. The van der Waals surface area contributed by atoms with Crippen LogP contribution in [0, 0.1) is 0 Å². The normalized spacial score (nSPS) is 10.4. The highest BCUT2D eigenvalue weighted by Crippen LogP contribution is 2.16. The molecule has 108 valence electrons. The zero-order valence-electron chi connectivity index (χ0n) is 11.5. The summed E-state index contributed by atoms with van der Waals surface area (Å²) < 4.78 is 5.54. The molecule has 1 amide bonds. The van der Waals surface area contributed by atoms with Gasteiger partial charge in [-0.05, 0) is 30.7 Å². The molecular formula is C15H19NO4. The van der Waals surface area contributed by atoms with Crippen molar-refractivity contribution in [2.75, 3.05) is 11.9 Å². The number of anilines is 1. The summed E-state index contributed by atoms with van der Waals surface area (Å²) in [5.41, 5.74) is 0.589. The average Bonchev–Trinajstić information content (AvgIpc) is 2.43. The Morgan fingerprint density at radius 3 is 2.50 bits per heavy atom. The van der Waals surface area contributed by atoms with Crippen molar-refractivity contribution < 1.29 is 19.4 Å². The fourth-order valence-corrected chi connectivity index (χ4v) is 1.51. The SMILES string of the molecule is CCCCCOc1ccc(NC(=O)/C=C\C(=O)O)cc1. The molecule has 0 aliphatic heterocycles. The van der Waals surface area contributed by atoms with Gasteiger partial charge in [0.15, 0.2) is 0 Å². The van der Waals surface area contributed by atoms with E-state index in [1.54, 1.807) is 24.3 Å². The maximum atomic E-state index is 11.4. The first-order valence-electron chi connectivity index (χ1n) is 6.56. The van der Waals surface area contributed by atoms with Gasteiger partial charge in [-0.25, -0.2) is 4.79 Å². The van der Waals surface area contributed by atoms with E-state index in [-0.39, 0.29) is 0 Å². The number of hydrogen-bond donors (Lipinski definition) is 2. The smallest absolute Gasteiger partial charge is 0.328 e.